The van der Waals surface area contributed by atoms with Crippen molar-refractivity contribution in [3.8, 4) is 0 Å². The Morgan fingerprint density at radius 3 is 2.31 bits per heavy atom. The smallest absolute Gasteiger partial charge is 0.339 e. The predicted molar refractivity (Wildman–Crippen MR) is 109 cm³/mol. The molecule has 1 heterocycles. The lowest BCUT2D eigenvalue weighted by atomic mass is 10.1. The SMILES string of the molecule is CN(C(=O)c1ccccc1C(=O)OCc1nc2ccccc2o1)c1ccccc1. The minimum absolute atomic E-state index is 0.120. The van der Waals surface area contributed by atoms with Crippen LogP contribution in [0.25, 0.3) is 11.1 Å². The van der Waals surface area contributed by atoms with Gasteiger partial charge in [-0.2, -0.15) is 0 Å². The van der Waals surface area contributed by atoms with E-state index in [1.54, 1.807) is 37.4 Å². The van der Waals surface area contributed by atoms with Crippen molar-refractivity contribution in [1.82, 2.24) is 4.98 Å². The van der Waals surface area contributed by atoms with E-state index >= 15 is 0 Å². The fourth-order valence-electron chi connectivity index (χ4n) is 2.98. The Labute approximate surface area is 167 Å². The van der Waals surface area contributed by atoms with Crippen LogP contribution in [-0.4, -0.2) is 23.9 Å². The van der Waals surface area contributed by atoms with Crippen LogP contribution >= 0.6 is 0 Å². The molecule has 29 heavy (non-hydrogen) atoms. The maximum Gasteiger partial charge on any atom is 0.339 e. The first-order valence-electron chi connectivity index (χ1n) is 9.07. The highest BCUT2D eigenvalue weighted by Crippen LogP contribution is 2.19. The van der Waals surface area contributed by atoms with E-state index in [0.717, 1.165) is 5.69 Å². The largest absolute Gasteiger partial charge is 0.452 e. The summed E-state index contributed by atoms with van der Waals surface area (Å²) < 4.78 is 10.9. The van der Waals surface area contributed by atoms with E-state index in [1.807, 2.05) is 48.5 Å². The lowest BCUT2D eigenvalue weighted by molar-refractivity contribution is 0.0437. The molecule has 0 atom stereocenters. The second-order valence-electron chi connectivity index (χ2n) is 6.40. The van der Waals surface area contributed by atoms with Gasteiger partial charge in [0.2, 0.25) is 5.89 Å². The van der Waals surface area contributed by atoms with Crippen LogP contribution in [0.1, 0.15) is 26.6 Å². The molecule has 0 unspecified atom stereocenters. The first-order chi connectivity index (χ1) is 14.1. The number of anilines is 1. The number of benzene rings is 3. The lowest BCUT2D eigenvalue weighted by Crippen LogP contribution is -2.28. The van der Waals surface area contributed by atoms with Crippen molar-refractivity contribution >= 4 is 28.7 Å². The van der Waals surface area contributed by atoms with E-state index in [2.05, 4.69) is 4.98 Å². The van der Waals surface area contributed by atoms with Crippen LogP contribution < -0.4 is 4.90 Å². The fourth-order valence-corrected chi connectivity index (χ4v) is 2.98. The van der Waals surface area contributed by atoms with Crippen LogP contribution in [0.2, 0.25) is 0 Å². The quantitative estimate of drug-likeness (QED) is 0.474. The highest BCUT2D eigenvalue weighted by molar-refractivity contribution is 6.11. The molecule has 1 amide bonds. The number of para-hydroxylation sites is 3. The molecule has 0 saturated carbocycles. The average molecular weight is 386 g/mol. The summed E-state index contributed by atoms with van der Waals surface area (Å²) in [5, 5.41) is 0. The summed E-state index contributed by atoms with van der Waals surface area (Å²) in [6.45, 7) is -0.120. The molecule has 144 valence electrons. The fraction of sp³-hybridized carbons (Fsp3) is 0.0870. The number of carbonyl (C=O) groups excluding carboxylic acids is 2. The van der Waals surface area contributed by atoms with Crippen molar-refractivity contribution in [3.05, 3.63) is 95.9 Å². The third-order valence-electron chi connectivity index (χ3n) is 4.49. The number of rotatable bonds is 5. The molecule has 4 rings (SSSR count). The summed E-state index contributed by atoms with van der Waals surface area (Å²) >= 11 is 0. The van der Waals surface area contributed by atoms with Crippen LogP contribution in [0, 0.1) is 0 Å². The van der Waals surface area contributed by atoms with E-state index in [9.17, 15) is 9.59 Å². The lowest BCUT2D eigenvalue weighted by Gasteiger charge is -2.18. The number of aromatic nitrogens is 1. The van der Waals surface area contributed by atoms with Gasteiger partial charge < -0.3 is 14.1 Å². The van der Waals surface area contributed by atoms with E-state index in [4.69, 9.17) is 9.15 Å². The van der Waals surface area contributed by atoms with E-state index in [1.165, 1.54) is 4.90 Å². The molecule has 0 spiro atoms. The maximum absolute atomic E-state index is 12.9. The van der Waals surface area contributed by atoms with Gasteiger partial charge in [0.1, 0.15) is 5.52 Å². The van der Waals surface area contributed by atoms with Crippen LogP contribution in [0.3, 0.4) is 0 Å². The van der Waals surface area contributed by atoms with Crippen molar-refractivity contribution in [3.63, 3.8) is 0 Å². The van der Waals surface area contributed by atoms with Gasteiger partial charge in [0.05, 0.1) is 11.1 Å². The third-order valence-corrected chi connectivity index (χ3v) is 4.49. The number of nitrogens with zero attached hydrogens (tertiary/aromatic N) is 2. The molecule has 0 aliphatic heterocycles. The third kappa shape index (κ3) is 3.87. The zero-order valence-electron chi connectivity index (χ0n) is 15.7. The standard InChI is InChI=1S/C23H18N2O4/c1-25(16-9-3-2-4-10-16)22(26)17-11-5-6-12-18(17)23(27)28-15-21-24-19-13-7-8-14-20(19)29-21/h2-14H,15H2,1H3. The first kappa shape index (κ1) is 18.4. The number of hydrogen-bond acceptors (Lipinski definition) is 5. The summed E-state index contributed by atoms with van der Waals surface area (Å²) in [6, 6.07) is 23.1. The van der Waals surface area contributed by atoms with Crippen molar-refractivity contribution in [2.45, 2.75) is 6.61 Å². The second kappa shape index (κ2) is 7.98. The van der Waals surface area contributed by atoms with Gasteiger partial charge in [-0.1, -0.05) is 42.5 Å². The normalized spacial score (nSPS) is 10.7. The minimum atomic E-state index is -0.613. The topological polar surface area (TPSA) is 72.6 Å². The molecule has 0 radical (unpaired) electrons. The number of fused-ring (bicyclic) bond motifs is 1. The Bertz CT molecular complexity index is 1130. The van der Waals surface area contributed by atoms with E-state index in [-0.39, 0.29) is 23.6 Å². The number of esters is 1. The van der Waals surface area contributed by atoms with Gasteiger partial charge in [-0.05, 0) is 36.4 Å². The van der Waals surface area contributed by atoms with Crippen molar-refractivity contribution in [2.24, 2.45) is 0 Å². The molecular weight excluding hydrogens is 368 g/mol. The van der Waals surface area contributed by atoms with Gasteiger partial charge in [-0.3, -0.25) is 4.79 Å². The number of carbonyl (C=O) groups is 2. The van der Waals surface area contributed by atoms with Crippen molar-refractivity contribution < 1.29 is 18.7 Å². The van der Waals surface area contributed by atoms with Crippen LogP contribution in [0.4, 0.5) is 5.69 Å². The summed E-state index contributed by atoms with van der Waals surface area (Å²) in [5.74, 6) is -0.618. The van der Waals surface area contributed by atoms with Crippen LogP contribution in [-0.2, 0) is 11.3 Å². The maximum atomic E-state index is 12.9. The first-order valence-corrected chi connectivity index (χ1v) is 9.07. The van der Waals surface area contributed by atoms with Gasteiger partial charge in [0.25, 0.3) is 5.91 Å². The van der Waals surface area contributed by atoms with Gasteiger partial charge in [-0.15, -0.1) is 0 Å². The highest BCUT2D eigenvalue weighted by atomic mass is 16.5. The molecule has 0 bridgehead atoms. The van der Waals surface area contributed by atoms with Gasteiger partial charge in [0, 0.05) is 12.7 Å². The minimum Gasteiger partial charge on any atom is -0.452 e. The molecule has 0 saturated heterocycles. The van der Waals surface area contributed by atoms with Crippen molar-refractivity contribution in [2.75, 3.05) is 11.9 Å². The monoisotopic (exact) mass is 386 g/mol. The predicted octanol–water partition coefficient (Wildman–Crippen LogP) is 4.46. The van der Waals surface area contributed by atoms with E-state index < -0.39 is 5.97 Å². The number of amides is 1. The molecule has 6 nitrogen and oxygen atoms in total. The Kier molecular flexibility index (Phi) is 5.07. The molecule has 1 aromatic heterocycles. The zero-order chi connectivity index (χ0) is 20.2. The van der Waals surface area contributed by atoms with Crippen LogP contribution in [0.5, 0.6) is 0 Å². The molecule has 0 fully saturated rings. The highest BCUT2D eigenvalue weighted by Gasteiger charge is 2.22. The number of oxazole rings is 1. The Hall–Kier alpha value is -3.93. The molecule has 0 aliphatic rings. The number of ether oxygens (including phenoxy) is 1. The van der Waals surface area contributed by atoms with Gasteiger partial charge >= 0.3 is 5.97 Å². The summed E-state index contributed by atoms with van der Waals surface area (Å²) in [6.07, 6.45) is 0. The van der Waals surface area contributed by atoms with Gasteiger partial charge in [-0.25, -0.2) is 9.78 Å². The number of hydrogen-bond donors (Lipinski definition) is 0. The molecular formula is C23H18N2O4. The molecule has 3 aromatic carbocycles. The Morgan fingerprint density at radius 2 is 1.55 bits per heavy atom. The van der Waals surface area contributed by atoms with E-state index in [0.29, 0.717) is 17.0 Å². The van der Waals surface area contributed by atoms with Crippen molar-refractivity contribution in [1.29, 1.82) is 0 Å². The Morgan fingerprint density at radius 1 is 0.897 bits per heavy atom. The second-order valence-corrected chi connectivity index (χ2v) is 6.40. The van der Waals surface area contributed by atoms with Gasteiger partial charge in [0.15, 0.2) is 12.2 Å². The molecule has 4 aromatic rings. The zero-order valence-corrected chi connectivity index (χ0v) is 15.7. The molecule has 0 aliphatic carbocycles. The Balaban J connectivity index is 1.52. The molecule has 0 N–H and O–H groups in total. The average Bonchev–Trinajstić information content (AvgIpc) is 3.20. The summed E-state index contributed by atoms with van der Waals surface area (Å²) in [5.41, 5.74) is 2.50. The van der Waals surface area contributed by atoms with Crippen LogP contribution in [0.15, 0.2) is 83.3 Å². The summed E-state index contributed by atoms with van der Waals surface area (Å²) in [4.78, 5) is 31.4. The molecule has 6 heteroatoms. The summed E-state index contributed by atoms with van der Waals surface area (Å²) in [7, 11) is 1.66.